The van der Waals surface area contributed by atoms with Gasteiger partial charge in [0.2, 0.25) is 23.7 Å². The topological polar surface area (TPSA) is 225 Å². The number of benzene rings is 2. The molecule has 0 aliphatic carbocycles. The number of aldehydes is 1. The second-order valence-electron chi connectivity index (χ2n) is 13.4. The fourth-order valence-corrected chi connectivity index (χ4v) is 6.79. The molecule has 6 aromatic rings. The van der Waals surface area contributed by atoms with Gasteiger partial charge in [0, 0.05) is 50.8 Å². The molecule has 1 aliphatic rings. The number of nitrogens with two attached hydrogens (primary N) is 2. The lowest BCUT2D eigenvalue weighted by molar-refractivity contribution is 0.0991. The van der Waals surface area contributed by atoms with Crippen molar-refractivity contribution in [2.24, 2.45) is 11.5 Å². The Morgan fingerprint density at radius 1 is 0.839 bits per heavy atom. The summed E-state index contributed by atoms with van der Waals surface area (Å²) in [5.74, 6) is -0.121. The summed E-state index contributed by atoms with van der Waals surface area (Å²) in [6, 6.07) is 9.81. The molecule has 18 heteroatoms. The van der Waals surface area contributed by atoms with E-state index in [0.717, 1.165) is 12.0 Å². The standard InChI is InChI=1S/C38H42N12O6/c1-5-49-29(16-23(3)44-49)36(54)43-37-41-27-17-24(34(39)52)19-30-32(27)47(37)9-6-7-10-48-33-28(18-25(35(40)53)20-31(33)56-14-8-13-55-30)42-38(48)46(4)11-12-50-26(21-51)15-22(2)45-50/h6-7,15-21H,5,8-14H2,1-4H3,(H2,39,52)(H2,40,53)(H,41,43,54)/b7-6+. The van der Waals surface area contributed by atoms with Gasteiger partial charge in [-0.3, -0.25) is 33.9 Å². The van der Waals surface area contributed by atoms with E-state index in [1.54, 1.807) is 50.3 Å². The number of aryl methyl sites for hydroxylation is 3. The van der Waals surface area contributed by atoms with E-state index in [1.165, 1.54) is 0 Å². The van der Waals surface area contributed by atoms with Crippen LogP contribution in [0.1, 0.15) is 66.4 Å². The number of hydrogen-bond acceptors (Lipinski definition) is 11. The highest BCUT2D eigenvalue weighted by atomic mass is 16.5. The van der Waals surface area contributed by atoms with Gasteiger partial charge in [-0.25, -0.2) is 9.97 Å². The van der Waals surface area contributed by atoms with Crippen LogP contribution in [-0.4, -0.2) is 89.5 Å². The maximum absolute atomic E-state index is 13.6. The summed E-state index contributed by atoms with van der Waals surface area (Å²) in [7, 11) is 1.88. The Balaban J connectivity index is 1.30. The second-order valence-corrected chi connectivity index (χ2v) is 13.4. The average Bonchev–Trinajstić information content (AvgIpc) is 3.93. The highest BCUT2D eigenvalue weighted by Gasteiger charge is 2.24. The fourth-order valence-electron chi connectivity index (χ4n) is 6.79. The molecule has 7 rings (SSSR count). The first-order valence-electron chi connectivity index (χ1n) is 18.1. The SMILES string of the molecule is CCn1nc(C)cc1C(=O)Nc1nc2cc(C(N)=O)cc3c2n1C/C=C/Cn1c(N(C)CCn2nc(C)cc2C=O)nc2cc(C(N)=O)cc(c21)OCCCO3. The second kappa shape index (κ2) is 15.4. The molecule has 5 N–H and O–H groups in total. The smallest absolute Gasteiger partial charge is 0.276 e. The summed E-state index contributed by atoms with van der Waals surface area (Å²) >= 11 is 0. The summed E-state index contributed by atoms with van der Waals surface area (Å²) in [5.41, 5.74) is 16.2. The van der Waals surface area contributed by atoms with Gasteiger partial charge in [-0.2, -0.15) is 10.2 Å². The van der Waals surface area contributed by atoms with E-state index in [0.29, 0.717) is 89.2 Å². The highest BCUT2D eigenvalue weighted by molar-refractivity contribution is 6.04. The zero-order chi connectivity index (χ0) is 39.7. The Labute approximate surface area is 320 Å². The van der Waals surface area contributed by atoms with Crippen molar-refractivity contribution in [3.8, 4) is 11.5 Å². The molecule has 0 unspecified atom stereocenters. The number of aromatic nitrogens is 8. The molecule has 1 aliphatic heterocycles. The number of ether oxygens (including phenoxy) is 2. The summed E-state index contributed by atoms with van der Waals surface area (Å²) < 4.78 is 19.6. The molecule has 18 nitrogen and oxygen atoms in total. The minimum absolute atomic E-state index is 0.177. The molecule has 0 atom stereocenters. The lowest BCUT2D eigenvalue weighted by Gasteiger charge is -2.20. The van der Waals surface area contributed by atoms with Crippen molar-refractivity contribution >= 4 is 58.0 Å². The van der Waals surface area contributed by atoms with E-state index in [2.05, 4.69) is 15.5 Å². The van der Waals surface area contributed by atoms with Crippen molar-refractivity contribution in [2.45, 2.75) is 53.4 Å². The van der Waals surface area contributed by atoms with Crippen LogP contribution in [-0.2, 0) is 26.2 Å². The van der Waals surface area contributed by atoms with Crippen LogP contribution in [0.15, 0.2) is 48.6 Å². The van der Waals surface area contributed by atoms with Gasteiger partial charge >= 0.3 is 0 Å². The number of allylic oxidation sites excluding steroid dienone is 2. The first kappa shape index (κ1) is 37.3. The normalized spacial score (nSPS) is 13.7. The molecule has 290 valence electrons. The third-order valence-corrected chi connectivity index (χ3v) is 9.41. The molecule has 5 heterocycles. The number of nitrogens with one attached hydrogen (secondary N) is 1. The van der Waals surface area contributed by atoms with E-state index in [-0.39, 0.29) is 36.8 Å². The van der Waals surface area contributed by atoms with Gasteiger partial charge in [-0.1, -0.05) is 12.2 Å². The molecule has 3 amide bonds. The van der Waals surface area contributed by atoms with E-state index in [4.69, 9.17) is 30.9 Å². The van der Waals surface area contributed by atoms with Crippen LogP contribution in [0.5, 0.6) is 11.5 Å². The van der Waals surface area contributed by atoms with Crippen molar-refractivity contribution in [3.63, 3.8) is 0 Å². The van der Waals surface area contributed by atoms with Gasteiger partial charge in [-0.05, 0) is 57.2 Å². The van der Waals surface area contributed by atoms with Crippen molar-refractivity contribution in [2.75, 3.05) is 37.0 Å². The minimum atomic E-state index is -0.660. The Kier molecular flexibility index (Phi) is 10.3. The van der Waals surface area contributed by atoms with Crippen LogP contribution in [0.3, 0.4) is 0 Å². The summed E-state index contributed by atoms with van der Waals surface area (Å²) in [6.45, 7) is 7.83. The Morgan fingerprint density at radius 3 is 2.05 bits per heavy atom. The highest BCUT2D eigenvalue weighted by Crippen LogP contribution is 2.34. The maximum atomic E-state index is 13.6. The first-order valence-corrected chi connectivity index (χ1v) is 18.1. The number of anilines is 2. The zero-order valence-electron chi connectivity index (χ0n) is 31.5. The zero-order valence-corrected chi connectivity index (χ0v) is 31.5. The maximum Gasteiger partial charge on any atom is 0.276 e. The Bertz CT molecular complexity index is 2540. The summed E-state index contributed by atoms with van der Waals surface area (Å²) in [6.07, 6.45) is 5.04. The number of carbonyl (C=O) groups is 4. The molecule has 0 radical (unpaired) electrons. The van der Waals surface area contributed by atoms with E-state index in [1.807, 2.05) is 49.4 Å². The molecular formula is C38H42N12O6. The van der Waals surface area contributed by atoms with E-state index >= 15 is 0 Å². The molecule has 0 saturated heterocycles. The number of nitrogens with zero attached hydrogens (tertiary/aromatic N) is 9. The number of carbonyl (C=O) groups excluding carboxylic acids is 4. The van der Waals surface area contributed by atoms with Crippen molar-refractivity contribution in [3.05, 3.63) is 82.5 Å². The average molecular weight is 763 g/mol. The Hall–Kier alpha value is -6.98. The number of primary amides is 2. The monoisotopic (exact) mass is 762 g/mol. The molecule has 0 spiro atoms. The van der Waals surface area contributed by atoms with Gasteiger partial charge < -0.3 is 35.0 Å². The summed E-state index contributed by atoms with van der Waals surface area (Å²) in [4.78, 5) is 61.7. The predicted octanol–water partition coefficient (Wildman–Crippen LogP) is 3.23. The molecular weight excluding hydrogens is 720 g/mol. The van der Waals surface area contributed by atoms with Gasteiger partial charge in [0.25, 0.3) is 5.91 Å². The van der Waals surface area contributed by atoms with Crippen molar-refractivity contribution in [1.82, 2.24) is 38.7 Å². The van der Waals surface area contributed by atoms with Gasteiger partial charge in [-0.15, -0.1) is 0 Å². The van der Waals surface area contributed by atoms with E-state index < -0.39 is 17.7 Å². The summed E-state index contributed by atoms with van der Waals surface area (Å²) in [5, 5.41) is 11.8. The van der Waals surface area contributed by atoms with Crippen LogP contribution < -0.4 is 31.2 Å². The number of rotatable bonds is 10. The quantitative estimate of drug-likeness (QED) is 0.136. The predicted molar refractivity (Wildman–Crippen MR) is 207 cm³/mol. The number of hydrogen-bond donors (Lipinski definition) is 3. The van der Waals surface area contributed by atoms with Gasteiger partial charge in [0.1, 0.15) is 33.9 Å². The minimum Gasteiger partial charge on any atom is -0.491 e. The van der Waals surface area contributed by atoms with Crippen LogP contribution in [0, 0.1) is 13.8 Å². The molecule has 4 aromatic heterocycles. The van der Waals surface area contributed by atoms with Gasteiger partial charge in [0.05, 0.1) is 42.2 Å². The molecule has 0 fully saturated rings. The lowest BCUT2D eigenvalue weighted by Crippen LogP contribution is -2.26. The third-order valence-electron chi connectivity index (χ3n) is 9.41. The fraction of sp³-hybridized carbons (Fsp3) is 0.316. The van der Waals surface area contributed by atoms with Crippen LogP contribution in [0.2, 0.25) is 0 Å². The number of likely N-dealkylation sites (N-methyl/N-ethyl adjacent to an activating group) is 1. The van der Waals surface area contributed by atoms with Crippen LogP contribution in [0.4, 0.5) is 11.9 Å². The molecule has 56 heavy (non-hydrogen) atoms. The number of imidazole rings is 2. The van der Waals surface area contributed by atoms with E-state index in [9.17, 15) is 19.2 Å². The van der Waals surface area contributed by atoms with Crippen LogP contribution in [0.25, 0.3) is 22.1 Å². The molecule has 2 aromatic carbocycles. The van der Waals surface area contributed by atoms with Gasteiger partial charge in [0.15, 0.2) is 6.29 Å². The number of amides is 3. The first-order chi connectivity index (χ1) is 26.9. The molecule has 0 saturated carbocycles. The lowest BCUT2D eigenvalue weighted by atomic mass is 10.1. The third kappa shape index (κ3) is 7.27. The van der Waals surface area contributed by atoms with Crippen molar-refractivity contribution in [1.29, 1.82) is 0 Å². The molecule has 0 bridgehead atoms. The van der Waals surface area contributed by atoms with Crippen molar-refractivity contribution < 1.29 is 28.7 Å². The van der Waals surface area contributed by atoms with Crippen LogP contribution >= 0.6 is 0 Å². The largest absolute Gasteiger partial charge is 0.491 e. The Morgan fingerprint density at radius 2 is 1.43 bits per heavy atom.